The van der Waals surface area contributed by atoms with Gasteiger partial charge in [-0.05, 0) is 37.9 Å². The monoisotopic (exact) mass is 210 g/mol. The predicted octanol–water partition coefficient (Wildman–Crippen LogP) is 1.76. The van der Waals surface area contributed by atoms with Crippen LogP contribution in [0.3, 0.4) is 0 Å². The zero-order chi connectivity index (χ0) is 11.1. The van der Waals surface area contributed by atoms with Crippen molar-refractivity contribution in [2.45, 2.75) is 45.9 Å². The van der Waals surface area contributed by atoms with Crippen molar-refractivity contribution in [3.05, 3.63) is 24.0 Å². The molecule has 2 N–H and O–H groups in total. The fraction of sp³-hybridized carbons (Fsp3) is 0.667. The van der Waals surface area contributed by atoms with E-state index in [2.05, 4.69) is 35.3 Å². The number of hydrogen-bond donors (Lipinski definition) is 2. The molecular formula is C12H22N2O. The molecule has 86 valence electrons. The van der Waals surface area contributed by atoms with Crippen molar-refractivity contribution in [3.8, 4) is 0 Å². The van der Waals surface area contributed by atoms with Crippen LogP contribution in [0.4, 0.5) is 0 Å². The molecule has 0 radical (unpaired) electrons. The van der Waals surface area contributed by atoms with E-state index in [0.717, 1.165) is 32.5 Å². The first-order chi connectivity index (χ1) is 7.26. The van der Waals surface area contributed by atoms with Gasteiger partial charge in [0.1, 0.15) is 0 Å². The van der Waals surface area contributed by atoms with Crippen LogP contribution in [0, 0.1) is 0 Å². The summed E-state index contributed by atoms with van der Waals surface area (Å²) in [6, 6.07) is 2.13. The molecule has 0 aliphatic carbocycles. The second kappa shape index (κ2) is 6.64. The summed E-state index contributed by atoms with van der Waals surface area (Å²) in [4.78, 5) is 0. The molecule has 1 aromatic heterocycles. The Morgan fingerprint density at radius 3 is 2.87 bits per heavy atom. The van der Waals surface area contributed by atoms with Gasteiger partial charge >= 0.3 is 0 Å². The van der Waals surface area contributed by atoms with Gasteiger partial charge < -0.3 is 15.0 Å². The molecule has 0 aliphatic rings. The van der Waals surface area contributed by atoms with Crippen LogP contribution in [0.5, 0.6) is 0 Å². The van der Waals surface area contributed by atoms with Gasteiger partial charge in [-0.1, -0.05) is 6.92 Å². The summed E-state index contributed by atoms with van der Waals surface area (Å²) in [7, 11) is 0. The van der Waals surface area contributed by atoms with Gasteiger partial charge in [0.15, 0.2) is 0 Å². The zero-order valence-corrected chi connectivity index (χ0v) is 9.74. The van der Waals surface area contributed by atoms with Gasteiger partial charge in [0.05, 0.1) is 6.10 Å². The summed E-state index contributed by atoms with van der Waals surface area (Å²) in [5, 5.41) is 12.7. The van der Waals surface area contributed by atoms with Crippen LogP contribution in [-0.4, -0.2) is 22.3 Å². The minimum atomic E-state index is -0.155. The Hall–Kier alpha value is -0.800. The van der Waals surface area contributed by atoms with Crippen LogP contribution in [0.2, 0.25) is 0 Å². The molecule has 0 saturated carbocycles. The molecule has 1 rings (SSSR count). The summed E-state index contributed by atoms with van der Waals surface area (Å²) >= 11 is 0. The van der Waals surface area contributed by atoms with Crippen LogP contribution in [0.1, 0.15) is 32.3 Å². The van der Waals surface area contributed by atoms with E-state index >= 15 is 0 Å². The molecule has 0 spiro atoms. The lowest BCUT2D eigenvalue weighted by molar-refractivity contribution is 0.159. The third-order valence-corrected chi connectivity index (χ3v) is 2.63. The maximum absolute atomic E-state index is 9.35. The van der Waals surface area contributed by atoms with Crippen LogP contribution < -0.4 is 5.32 Å². The molecule has 0 bridgehead atoms. The van der Waals surface area contributed by atoms with Crippen LogP contribution >= 0.6 is 0 Å². The van der Waals surface area contributed by atoms with Crippen LogP contribution in [0.15, 0.2) is 18.5 Å². The molecule has 3 heteroatoms. The van der Waals surface area contributed by atoms with Crippen molar-refractivity contribution in [1.29, 1.82) is 0 Å². The molecule has 1 aromatic rings. The summed E-state index contributed by atoms with van der Waals surface area (Å²) < 4.78 is 2.16. The first kappa shape index (κ1) is 12.3. The largest absolute Gasteiger partial charge is 0.393 e. The van der Waals surface area contributed by atoms with Crippen molar-refractivity contribution in [2.75, 3.05) is 6.54 Å². The highest BCUT2D eigenvalue weighted by Gasteiger charge is 2.00. The third-order valence-electron chi connectivity index (χ3n) is 2.63. The van der Waals surface area contributed by atoms with Gasteiger partial charge in [0.2, 0.25) is 0 Å². The molecular weight excluding hydrogens is 188 g/mol. The number of rotatable bonds is 7. The summed E-state index contributed by atoms with van der Waals surface area (Å²) in [5.41, 5.74) is 1.31. The lowest BCUT2D eigenvalue weighted by atomic mass is 10.2. The van der Waals surface area contributed by atoms with Gasteiger partial charge in [-0.2, -0.15) is 0 Å². The molecule has 0 aliphatic heterocycles. The topological polar surface area (TPSA) is 37.2 Å². The fourth-order valence-corrected chi connectivity index (χ4v) is 1.50. The second-order valence-corrected chi connectivity index (χ2v) is 3.88. The van der Waals surface area contributed by atoms with E-state index in [4.69, 9.17) is 0 Å². The minimum Gasteiger partial charge on any atom is -0.393 e. The first-order valence-corrected chi connectivity index (χ1v) is 5.79. The molecule has 1 unspecified atom stereocenters. The Balaban J connectivity index is 2.14. The molecule has 0 saturated heterocycles. The van der Waals surface area contributed by atoms with Crippen molar-refractivity contribution >= 4 is 0 Å². The Morgan fingerprint density at radius 1 is 1.47 bits per heavy atom. The van der Waals surface area contributed by atoms with Crippen molar-refractivity contribution in [2.24, 2.45) is 0 Å². The van der Waals surface area contributed by atoms with Crippen LogP contribution in [-0.2, 0) is 13.1 Å². The highest BCUT2D eigenvalue weighted by atomic mass is 16.3. The summed E-state index contributed by atoms with van der Waals surface area (Å²) in [5.74, 6) is 0. The van der Waals surface area contributed by atoms with Gasteiger partial charge in [0, 0.05) is 25.5 Å². The third kappa shape index (κ3) is 4.49. The van der Waals surface area contributed by atoms with E-state index in [1.165, 1.54) is 5.56 Å². The Kier molecular flexibility index (Phi) is 5.43. The lowest BCUT2D eigenvalue weighted by Gasteiger charge is -2.07. The molecule has 0 amide bonds. The van der Waals surface area contributed by atoms with Gasteiger partial charge in [-0.25, -0.2) is 0 Å². The minimum absolute atomic E-state index is 0.155. The maximum Gasteiger partial charge on any atom is 0.0549 e. The maximum atomic E-state index is 9.35. The first-order valence-electron chi connectivity index (χ1n) is 5.79. The number of aromatic nitrogens is 1. The molecule has 3 nitrogen and oxygen atoms in total. The Labute approximate surface area is 92.1 Å². The Morgan fingerprint density at radius 2 is 2.27 bits per heavy atom. The number of aryl methyl sites for hydroxylation is 1. The smallest absolute Gasteiger partial charge is 0.0549 e. The summed E-state index contributed by atoms with van der Waals surface area (Å²) in [6.07, 6.45) is 5.78. The average molecular weight is 210 g/mol. The van der Waals surface area contributed by atoms with E-state index in [9.17, 15) is 5.11 Å². The standard InChI is InChI=1S/C12H22N2O/c1-3-12(15)5-7-13-9-11-6-8-14(4-2)10-11/h6,8,10,12-13,15H,3-5,7,9H2,1-2H3. The summed E-state index contributed by atoms with van der Waals surface area (Å²) in [6.45, 7) is 6.94. The second-order valence-electron chi connectivity index (χ2n) is 3.88. The van der Waals surface area contributed by atoms with Gasteiger partial charge in [-0.15, -0.1) is 0 Å². The molecule has 1 atom stereocenters. The number of nitrogens with one attached hydrogen (secondary N) is 1. The predicted molar refractivity (Wildman–Crippen MR) is 62.7 cm³/mol. The molecule has 0 fully saturated rings. The van der Waals surface area contributed by atoms with Crippen molar-refractivity contribution in [3.63, 3.8) is 0 Å². The van der Waals surface area contributed by atoms with Crippen molar-refractivity contribution < 1.29 is 5.11 Å². The van der Waals surface area contributed by atoms with E-state index in [0.29, 0.717) is 0 Å². The van der Waals surface area contributed by atoms with Crippen LogP contribution in [0.25, 0.3) is 0 Å². The lowest BCUT2D eigenvalue weighted by Crippen LogP contribution is -2.19. The van der Waals surface area contributed by atoms with E-state index in [-0.39, 0.29) is 6.10 Å². The zero-order valence-electron chi connectivity index (χ0n) is 9.74. The van der Waals surface area contributed by atoms with Crippen molar-refractivity contribution in [1.82, 2.24) is 9.88 Å². The van der Waals surface area contributed by atoms with Gasteiger partial charge in [-0.3, -0.25) is 0 Å². The fourth-order valence-electron chi connectivity index (χ4n) is 1.50. The number of hydrogen-bond acceptors (Lipinski definition) is 2. The average Bonchev–Trinajstić information content (AvgIpc) is 2.72. The molecule has 15 heavy (non-hydrogen) atoms. The van der Waals surface area contributed by atoms with E-state index < -0.39 is 0 Å². The number of aliphatic hydroxyl groups excluding tert-OH is 1. The Bertz CT molecular complexity index is 270. The normalized spacial score (nSPS) is 13.0. The molecule has 1 heterocycles. The van der Waals surface area contributed by atoms with Gasteiger partial charge in [0.25, 0.3) is 0 Å². The van der Waals surface area contributed by atoms with E-state index in [1.807, 2.05) is 6.92 Å². The highest BCUT2D eigenvalue weighted by molar-refractivity contribution is 5.09. The highest BCUT2D eigenvalue weighted by Crippen LogP contribution is 2.01. The molecule has 0 aromatic carbocycles. The quantitative estimate of drug-likeness (QED) is 0.673. The number of aliphatic hydroxyl groups is 1. The number of nitrogens with zero attached hydrogens (tertiary/aromatic N) is 1. The van der Waals surface area contributed by atoms with E-state index in [1.54, 1.807) is 0 Å². The SMILES string of the molecule is CCC(O)CCNCc1ccn(CC)c1.